The third-order valence-corrected chi connectivity index (χ3v) is 10.3. The minimum absolute atomic E-state index is 0.0725. The molecule has 10 nitrogen and oxygen atoms in total. The molecule has 2 aliphatic carbocycles. The molecule has 1 heterocycles. The Kier molecular flexibility index (Phi) is 17.9. The van der Waals surface area contributed by atoms with E-state index < -0.39 is 31.0 Å². The second-order valence-corrected chi connectivity index (χ2v) is 14.4. The molecule has 5 unspecified atom stereocenters. The van der Waals surface area contributed by atoms with Crippen molar-refractivity contribution in [3.63, 3.8) is 0 Å². The first kappa shape index (κ1) is 38.1. The smallest absolute Gasteiger partial charge is 0.156 e. The molecule has 1 aliphatic heterocycles. The average Bonchev–Trinajstić information content (AvgIpc) is 3.00. The third kappa shape index (κ3) is 13.8. The molecule has 6 N–H and O–H groups in total. The van der Waals surface area contributed by atoms with Crippen molar-refractivity contribution < 1.29 is 29.9 Å². The Labute approximate surface area is 268 Å². The van der Waals surface area contributed by atoms with Crippen molar-refractivity contribution >= 4 is 0 Å². The summed E-state index contributed by atoms with van der Waals surface area (Å²) in [7, 11) is 1.90. The van der Waals surface area contributed by atoms with E-state index in [0.29, 0.717) is 37.2 Å². The number of hydrogen-bond acceptors (Lipinski definition) is 10. The van der Waals surface area contributed by atoms with Crippen LogP contribution in [0.15, 0.2) is 0 Å². The summed E-state index contributed by atoms with van der Waals surface area (Å²) in [5.41, 5.74) is 0. The van der Waals surface area contributed by atoms with Crippen molar-refractivity contribution in [2.24, 2.45) is 17.8 Å². The summed E-state index contributed by atoms with van der Waals surface area (Å²) in [6.45, 7) is 10.5. The quantitative estimate of drug-likeness (QED) is 0.112. The lowest BCUT2D eigenvalue weighted by Crippen LogP contribution is -2.61. The topological polar surface area (TPSA) is 130 Å². The molecule has 0 radical (unpaired) electrons. The van der Waals surface area contributed by atoms with Crippen molar-refractivity contribution in [3.8, 4) is 0 Å². The number of ether oxygens (including phenoxy) is 2. The number of morpholine rings is 1. The molecule has 3 aliphatic rings. The van der Waals surface area contributed by atoms with Gasteiger partial charge in [-0.1, -0.05) is 78.1 Å². The summed E-state index contributed by atoms with van der Waals surface area (Å²) in [6.07, 6.45) is 11.1. The summed E-state index contributed by atoms with van der Waals surface area (Å²) in [6, 6.07) is -0.953. The lowest BCUT2D eigenvalue weighted by molar-refractivity contribution is -0.120. The van der Waals surface area contributed by atoms with Gasteiger partial charge in [-0.2, -0.15) is 0 Å². The third-order valence-electron chi connectivity index (χ3n) is 10.3. The van der Waals surface area contributed by atoms with E-state index in [1.54, 1.807) is 0 Å². The highest BCUT2D eigenvalue weighted by Crippen LogP contribution is 2.30. The molecule has 0 aromatic rings. The van der Waals surface area contributed by atoms with Gasteiger partial charge in [0.1, 0.15) is 18.7 Å². The molecule has 44 heavy (non-hydrogen) atoms. The van der Waals surface area contributed by atoms with E-state index in [4.69, 9.17) is 9.47 Å². The normalized spacial score (nSPS) is 24.7. The van der Waals surface area contributed by atoms with Gasteiger partial charge in [0.25, 0.3) is 0 Å². The number of nitrogens with zero attached hydrogens (tertiary/aromatic N) is 2. The largest absolute Gasteiger partial charge is 0.379 e. The molecule has 0 aromatic heterocycles. The fraction of sp³-hybridized carbons (Fsp3) is 1.00. The van der Waals surface area contributed by atoms with Gasteiger partial charge in [0.15, 0.2) is 6.29 Å². The highest BCUT2D eigenvalue weighted by Gasteiger charge is 2.35. The Morgan fingerprint density at radius 2 is 1.41 bits per heavy atom. The fourth-order valence-electron chi connectivity index (χ4n) is 7.68. The van der Waals surface area contributed by atoms with Crippen LogP contribution >= 0.6 is 0 Å². The Hall–Kier alpha value is -0.400. The number of likely N-dealkylation sites (N-methyl/N-ethyl adjacent to an activating group) is 1. The minimum atomic E-state index is -1.07. The molecule has 1 saturated heterocycles. The van der Waals surface area contributed by atoms with Crippen LogP contribution in [0, 0.1) is 17.8 Å². The van der Waals surface area contributed by atoms with Crippen LogP contribution < -0.4 is 10.6 Å². The Balaban J connectivity index is 1.71. The standard InChI is InChI=1S/C34H68N4O6/c1-5-44-32(40)23-29(33(41)35-28(21-26-12-8-6-9-13-26)24-38-16-18-43-19-17-38)36-34(42)30(20-25(2)3)37(4)31(39)22-27-14-10-7-11-15-27/h25-36,39-42H,5-24H2,1-4H3/t28-,29-,30?,31?,32?,33?,34?/m0/s1. The van der Waals surface area contributed by atoms with E-state index in [2.05, 4.69) is 29.4 Å². The minimum Gasteiger partial charge on any atom is -0.379 e. The van der Waals surface area contributed by atoms with Gasteiger partial charge < -0.3 is 29.9 Å². The molecule has 7 atom stereocenters. The summed E-state index contributed by atoms with van der Waals surface area (Å²) >= 11 is 0. The van der Waals surface area contributed by atoms with Crippen LogP contribution in [-0.2, 0) is 9.47 Å². The summed E-state index contributed by atoms with van der Waals surface area (Å²) in [4.78, 5) is 4.32. The van der Waals surface area contributed by atoms with Crippen LogP contribution in [0.3, 0.4) is 0 Å². The van der Waals surface area contributed by atoms with Gasteiger partial charge in [-0.15, -0.1) is 0 Å². The highest BCUT2D eigenvalue weighted by atomic mass is 16.6. The number of aliphatic hydroxyl groups is 4. The monoisotopic (exact) mass is 629 g/mol. The summed E-state index contributed by atoms with van der Waals surface area (Å²) < 4.78 is 11.0. The van der Waals surface area contributed by atoms with E-state index in [-0.39, 0.29) is 18.5 Å². The Morgan fingerprint density at radius 3 is 1.98 bits per heavy atom. The molecule has 0 amide bonds. The van der Waals surface area contributed by atoms with Crippen molar-refractivity contribution in [3.05, 3.63) is 0 Å². The molecule has 0 spiro atoms. The Bertz CT molecular complexity index is 713. The van der Waals surface area contributed by atoms with Crippen LogP contribution in [-0.4, -0.2) is 120 Å². The zero-order valence-electron chi connectivity index (χ0n) is 28.4. The zero-order chi connectivity index (χ0) is 31.9. The molecule has 2 saturated carbocycles. The van der Waals surface area contributed by atoms with Crippen molar-refractivity contribution in [2.45, 2.75) is 154 Å². The second kappa shape index (κ2) is 20.8. The fourth-order valence-corrected chi connectivity index (χ4v) is 7.68. The number of hydrogen-bond donors (Lipinski definition) is 6. The number of rotatable bonds is 20. The molecular weight excluding hydrogens is 560 g/mol. The first-order valence-electron chi connectivity index (χ1n) is 18.0. The van der Waals surface area contributed by atoms with E-state index in [9.17, 15) is 20.4 Å². The van der Waals surface area contributed by atoms with Gasteiger partial charge in [-0.25, -0.2) is 0 Å². The van der Waals surface area contributed by atoms with Crippen LogP contribution in [0.1, 0.15) is 111 Å². The van der Waals surface area contributed by atoms with Gasteiger partial charge in [-0.05, 0) is 51.0 Å². The lowest BCUT2D eigenvalue weighted by atomic mass is 9.84. The molecule has 3 fully saturated rings. The van der Waals surface area contributed by atoms with Crippen LogP contribution in [0.2, 0.25) is 0 Å². The summed E-state index contributed by atoms with van der Waals surface area (Å²) in [5.74, 6) is 1.44. The predicted octanol–water partition coefficient (Wildman–Crippen LogP) is 3.22. The summed E-state index contributed by atoms with van der Waals surface area (Å²) in [5, 5.41) is 52.0. The van der Waals surface area contributed by atoms with E-state index in [1.807, 2.05) is 18.9 Å². The second-order valence-electron chi connectivity index (χ2n) is 14.4. The first-order chi connectivity index (χ1) is 21.2. The predicted molar refractivity (Wildman–Crippen MR) is 175 cm³/mol. The molecule has 3 rings (SSSR count). The lowest BCUT2D eigenvalue weighted by Gasteiger charge is -2.40. The maximum atomic E-state index is 11.7. The highest BCUT2D eigenvalue weighted by molar-refractivity contribution is 4.88. The maximum Gasteiger partial charge on any atom is 0.156 e. The number of aliphatic hydroxyl groups excluding tert-OH is 4. The zero-order valence-corrected chi connectivity index (χ0v) is 28.4. The van der Waals surface area contributed by atoms with Gasteiger partial charge in [-0.3, -0.25) is 20.4 Å². The SMILES string of the molecule is CCOC(O)C[C@H](NC(O)C(CC(C)C)N(C)C(O)CC1CCCCC1)C(O)N[C@@H](CC1CCCCC1)CN1CCOCC1. The molecule has 0 bridgehead atoms. The van der Waals surface area contributed by atoms with E-state index >= 15 is 0 Å². The first-order valence-corrected chi connectivity index (χ1v) is 18.0. The van der Waals surface area contributed by atoms with Gasteiger partial charge >= 0.3 is 0 Å². The van der Waals surface area contributed by atoms with Crippen LogP contribution in [0.5, 0.6) is 0 Å². The van der Waals surface area contributed by atoms with E-state index in [0.717, 1.165) is 52.1 Å². The molecule has 0 aromatic carbocycles. The maximum absolute atomic E-state index is 11.7. The molecule has 260 valence electrons. The van der Waals surface area contributed by atoms with Gasteiger partial charge in [0, 0.05) is 38.7 Å². The average molecular weight is 629 g/mol. The molecule has 10 heteroatoms. The van der Waals surface area contributed by atoms with Crippen LogP contribution in [0.25, 0.3) is 0 Å². The van der Waals surface area contributed by atoms with Crippen molar-refractivity contribution in [1.29, 1.82) is 0 Å². The van der Waals surface area contributed by atoms with Crippen molar-refractivity contribution in [1.82, 2.24) is 20.4 Å². The van der Waals surface area contributed by atoms with Crippen molar-refractivity contribution in [2.75, 3.05) is 46.5 Å². The van der Waals surface area contributed by atoms with Crippen LogP contribution in [0.4, 0.5) is 0 Å². The van der Waals surface area contributed by atoms with Gasteiger partial charge in [0.05, 0.1) is 25.3 Å². The Morgan fingerprint density at radius 1 is 0.818 bits per heavy atom. The van der Waals surface area contributed by atoms with Gasteiger partial charge in [0.2, 0.25) is 0 Å². The van der Waals surface area contributed by atoms with E-state index in [1.165, 1.54) is 51.4 Å². The molecular formula is C34H68N4O6. The number of nitrogens with one attached hydrogen (secondary N) is 2.